The fourth-order valence-electron chi connectivity index (χ4n) is 3.72. The maximum atomic E-state index is 13.3. The number of nitrogens with one attached hydrogen (secondary N) is 3. The molecule has 0 radical (unpaired) electrons. The molecule has 7 nitrogen and oxygen atoms in total. The van der Waals surface area contributed by atoms with Crippen LogP contribution in [0.25, 0.3) is 10.6 Å². The van der Waals surface area contributed by atoms with E-state index in [4.69, 9.17) is 4.98 Å². The minimum Gasteiger partial charge on any atom is -0.349 e. The first kappa shape index (κ1) is 24.9. The number of Topliss-reactive ketones (excluding diaryl/α,β-unsaturated/α-hetero) is 1. The molecule has 5 rings (SSSR count). The monoisotopic (exact) mass is 530 g/mol. The first-order valence-corrected chi connectivity index (χ1v) is 13.6. The van der Waals surface area contributed by atoms with E-state index < -0.39 is 0 Å². The number of aromatic nitrogens is 1. The van der Waals surface area contributed by atoms with Crippen LogP contribution in [0.15, 0.2) is 60.7 Å². The van der Waals surface area contributed by atoms with Crippen LogP contribution in [0.5, 0.6) is 0 Å². The summed E-state index contributed by atoms with van der Waals surface area (Å²) in [5.41, 5.74) is 3.78. The molecule has 0 aliphatic heterocycles. The molecule has 1 fully saturated rings. The van der Waals surface area contributed by atoms with Crippen LogP contribution in [0.1, 0.15) is 60.6 Å². The molecule has 4 aromatic rings. The zero-order valence-electron chi connectivity index (χ0n) is 20.5. The van der Waals surface area contributed by atoms with Crippen LogP contribution in [-0.2, 0) is 6.54 Å². The minimum absolute atomic E-state index is 0.0307. The molecule has 2 amide bonds. The van der Waals surface area contributed by atoms with Gasteiger partial charge in [-0.1, -0.05) is 47.7 Å². The Morgan fingerprint density at radius 2 is 1.76 bits per heavy atom. The number of hydrogen-bond acceptors (Lipinski definition) is 7. The summed E-state index contributed by atoms with van der Waals surface area (Å²) in [4.78, 5) is 44.2. The molecule has 0 bridgehead atoms. The van der Waals surface area contributed by atoms with Crippen molar-refractivity contribution in [2.75, 3.05) is 5.32 Å². The van der Waals surface area contributed by atoms with Gasteiger partial charge >= 0.3 is 0 Å². The standard InChI is InChI=1S/C28H26N4O3S2/c1-16-8-9-19(26(34)30-20-10-11-20)14-21(16)31-28-32-24(23-13-12-22(36-23)17(2)33)25(37-28)27(35)29-15-18-6-4-3-5-7-18/h3-9,12-14,20H,10-11,15H2,1-2H3,(H,29,35)(H,30,34)(H,31,32). The number of anilines is 2. The summed E-state index contributed by atoms with van der Waals surface area (Å²) in [6.07, 6.45) is 2.04. The molecule has 9 heteroatoms. The second-order valence-electron chi connectivity index (χ2n) is 8.99. The van der Waals surface area contributed by atoms with Gasteiger partial charge in [-0.3, -0.25) is 14.4 Å². The van der Waals surface area contributed by atoms with E-state index >= 15 is 0 Å². The van der Waals surface area contributed by atoms with Crippen molar-refractivity contribution in [2.45, 2.75) is 39.3 Å². The summed E-state index contributed by atoms with van der Waals surface area (Å²) in [5, 5.41) is 9.83. The van der Waals surface area contributed by atoms with E-state index in [-0.39, 0.29) is 23.6 Å². The Hall–Kier alpha value is -3.82. The van der Waals surface area contributed by atoms with Crippen molar-refractivity contribution in [1.29, 1.82) is 0 Å². The third-order valence-electron chi connectivity index (χ3n) is 5.97. The van der Waals surface area contributed by atoms with Crippen LogP contribution < -0.4 is 16.0 Å². The lowest BCUT2D eigenvalue weighted by molar-refractivity contribution is 0.0944. The summed E-state index contributed by atoms with van der Waals surface area (Å²) in [7, 11) is 0. The van der Waals surface area contributed by atoms with Gasteiger partial charge in [-0.2, -0.15) is 0 Å². The molecule has 2 aromatic heterocycles. The average molecular weight is 531 g/mol. The molecule has 0 atom stereocenters. The van der Waals surface area contributed by atoms with Crippen LogP contribution in [0.4, 0.5) is 10.8 Å². The van der Waals surface area contributed by atoms with Crippen molar-refractivity contribution < 1.29 is 14.4 Å². The summed E-state index contributed by atoms with van der Waals surface area (Å²) < 4.78 is 0. The van der Waals surface area contributed by atoms with Crippen LogP contribution >= 0.6 is 22.7 Å². The third kappa shape index (κ3) is 5.95. The predicted molar refractivity (Wildman–Crippen MR) is 148 cm³/mol. The number of nitrogens with zero attached hydrogens (tertiary/aromatic N) is 1. The maximum absolute atomic E-state index is 13.3. The lowest BCUT2D eigenvalue weighted by atomic mass is 10.1. The molecular formula is C28H26N4O3S2. The van der Waals surface area contributed by atoms with E-state index in [1.165, 1.54) is 29.6 Å². The number of rotatable bonds is 9. The van der Waals surface area contributed by atoms with E-state index in [1.807, 2.05) is 61.5 Å². The van der Waals surface area contributed by atoms with Gasteiger partial charge in [0.05, 0.1) is 9.75 Å². The molecule has 1 aliphatic rings. The van der Waals surface area contributed by atoms with Gasteiger partial charge in [-0.05, 0) is 62.1 Å². The largest absolute Gasteiger partial charge is 0.349 e. The molecule has 1 aliphatic carbocycles. The summed E-state index contributed by atoms with van der Waals surface area (Å²) in [6, 6.07) is 19.1. The van der Waals surface area contributed by atoms with E-state index in [1.54, 1.807) is 6.07 Å². The Bertz CT molecular complexity index is 1470. The van der Waals surface area contributed by atoms with Gasteiger partial charge in [0.25, 0.3) is 11.8 Å². The van der Waals surface area contributed by atoms with Crippen molar-refractivity contribution in [1.82, 2.24) is 15.6 Å². The highest BCUT2D eigenvalue weighted by Gasteiger charge is 2.25. The van der Waals surface area contributed by atoms with Crippen molar-refractivity contribution in [3.8, 4) is 10.6 Å². The van der Waals surface area contributed by atoms with Gasteiger partial charge in [-0.15, -0.1) is 11.3 Å². The molecule has 0 spiro atoms. The normalized spacial score (nSPS) is 12.7. The smallest absolute Gasteiger partial charge is 0.264 e. The molecule has 188 valence electrons. The van der Waals surface area contributed by atoms with Crippen LogP contribution in [0, 0.1) is 6.92 Å². The van der Waals surface area contributed by atoms with Crippen molar-refractivity contribution in [3.63, 3.8) is 0 Å². The lowest BCUT2D eigenvalue weighted by Crippen LogP contribution is -2.25. The molecule has 0 saturated heterocycles. The van der Waals surface area contributed by atoms with E-state index in [9.17, 15) is 14.4 Å². The molecule has 0 unspecified atom stereocenters. The van der Waals surface area contributed by atoms with Gasteiger partial charge in [0.1, 0.15) is 10.6 Å². The lowest BCUT2D eigenvalue weighted by Gasteiger charge is -2.10. The number of carbonyl (C=O) groups is 3. The van der Waals surface area contributed by atoms with Gasteiger partial charge in [0.2, 0.25) is 0 Å². The molecule has 3 N–H and O–H groups in total. The third-order valence-corrected chi connectivity index (χ3v) is 8.13. The summed E-state index contributed by atoms with van der Waals surface area (Å²) in [6.45, 7) is 3.86. The fraction of sp³-hybridized carbons (Fsp3) is 0.214. The van der Waals surface area contributed by atoms with Crippen molar-refractivity contribution >= 4 is 51.1 Å². The highest BCUT2D eigenvalue weighted by atomic mass is 32.1. The zero-order chi connectivity index (χ0) is 25.9. The van der Waals surface area contributed by atoms with Gasteiger partial charge in [-0.25, -0.2) is 4.98 Å². The Balaban J connectivity index is 1.43. The Kier molecular flexibility index (Phi) is 7.16. The Labute approximate surface area is 223 Å². The number of amides is 2. The summed E-state index contributed by atoms with van der Waals surface area (Å²) >= 11 is 2.56. The maximum Gasteiger partial charge on any atom is 0.264 e. The molecule has 1 saturated carbocycles. The first-order valence-electron chi connectivity index (χ1n) is 12.0. The second-order valence-corrected chi connectivity index (χ2v) is 11.1. The number of aryl methyl sites for hydroxylation is 1. The highest BCUT2D eigenvalue weighted by Crippen LogP contribution is 2.37. The van der Waals surface area contributed by atoms with Crippen LogP contribution in [-0.4, -0.2) is 28.6 Å². The highest BCUT2D eigenvalue weighted by molar-refractivity contribution is 7.20. The van der Waals surface area contributed by atoms with Crippen molar-refractivity contribution in [2.24, 2.45) is 0 Å². The molecule has 37 heavy (non-hydrogen) atoms. The predicted octanol–water partition coefficient (Wildman–Crippen LogP) is 5.95. The first-order chi connectivity index (χ1) is 17.9. The van der Waals surface area contributed by atoms with E-state index in [0.717, 1.165) is 34.5 Å². The molecule has 2 heterocycles. The quantitative estimate of drug-likeness (QED) is 0.232. The molecular weight excluding hydrogens is 504 g/mol. The SMILES string of the molecule is CC(=O)c1ccc(-c2nc(Nc3cc(C(=O)NC4CC4)ccc3C)sc2C(=O)NCc2ccccc2)s1. The number of hydrogen-bond donors (Lipinski definition) is 3. The Morgan fingerprint density at radius 1 is 0.973 bits per heavy atom. The van der Waals surface area contributed by atoms with E-state index in [2.05, 4.69) is 16.0 Å². The number of carbonyl (C=O) groups excluding carboxylic acids is 3. The van der Waals surface area contributed by atoms with Gasteiger partial charge in [0, 0.05) is 23.8 Å². The van der Waals surface area contributed by atoms with Gasteiger partial charge in [0.15, 0.2) is 10.9 Å². The van der Waals surface area contributed by atoms with Crippen molar-refractivity contribution in [3.05, 3.63) is 87.1 Å². The fourth-order valence-corrected chi connectivity index (χ4v) is 5.59. The Morgan fingerprint density at radius 3 is 2.46 bits per heavy atom. The van der Waals surface area contributed by atoms with Crippen LogP contribution in [0.2, 0.25) is 0 Å². The van der Waals surface area contributed by atoms with Crippen LogP contribution in [0.3, 0.4) is 0 Å². The average Bonchev–Trinajstić information content (AvgIpc) is 3.39. The minimum atomic E-state index is -0.239. The number of benzene rings is 2. The van der Waals surface area contributed by atoms with E-state index in [0.29, 0.717) is 32.7 Å². The second kappa shape index (κ2) is 10.7. The topological polar surface area (TPSA) is 100 Å². The summed E-state index contributed by atoms with van der Waals surface area (Å²) in [5.74, 6) is -0.366. The number of thiophene rings is 1. The number of thiazole rings is 1. The molecule has 2 aromatic carbocycles. The van der Waals surface area contributed by atoms with Gasteiger partial charge < -0.3 is 16.0 Å². The zero-order valence-corrected chi connectivity index (χ0v) is 22.1. The number of ketones is 1.